The van der Waals surface area contributed by atoms with Crippen LogP contribution < -0.4 is 5.32 Å². The normalized spacial score (nSPS) is 14.2. The van der Waals surface area contributed by atoms with Crippen LogP contribution in [0.15, 0.2) is 18.2 Å². The number of halogens is 5. The van der Waals surface area contributed by atoms with Crippen molar-refractivity contribution in [3.05, 3.63) is 29.3 Å². The maximum Gasteiger partial charge on any atom is 0.417 e. The molecule has 0 bridgehead atoms. The van der Waals surface area contributed by atoms with Gasteiger partial charge in [-0.05, 0) is 25.1 Å². The maximum atomic E-state index is 12.8. The van der Waals surface area contributed by atoms with Gasteiger partial charge in [-0.15, -0.1) is 11.6 Å². The molecule has 1 atom stereocenters. The quantitative estimate of drug-likeness (QED) is 0.821. The van der Waals surface area contributed by atoms with Gasteiger partial charge in [0.1, 0.15) is 4.87 Å². The van der Waals surface area contributed by atoms with E-state index in [0.717, 1.165) is 6.07 Å². The van der Waals surface area contributed by atoms with Crippen molar-refractivity contribution >= 4 is 39.1 Å². The molecular weight excluding hydrogens is 360 g/mol. The monoisotopic (exact) mass is 368 g/mol. The number of nitriles is 1. The topological polar surface area (TPSA) is 52.9 Å². The van der Waals surface area contributed by atoms with Crippen LogP contribution in [0.5, 0.6) is 0 Å². The van der Waals surface area contributed by atoms with Crippen molar-refractivity contribution in [2.24, 2.45) is 0 Å². The van der Waals surface area contributed by atoms with E-state index in [-0.39, 0.29) is 11.0 Å². The van der Waals surface area contributed by atoms with Crippen LogP contribution in [0.2, 0.25) is 0 Å². The molecule has 0 aliphatic heterocycles. The average Bonchev–Trinajstić information content (AvgIpc) is 2.37. The number of rotatable bonds is 3. The van der Waals surface area contributed by atoms with Crippen LogP contribution in [0.1, 0.15) is 18.1 Å². The molecule has 0 spiro atoms. The molecule has 3 nitrogen and oxygen atoms in total. The minimum atomic E-state index is -4.68. The molecule has 0 aliphatic carbocycles. The zero-order valence-electron chi connectivity index (χ0n) is 10.2. The van der Waals surface area contributed by atoms with Gasteiger partial charge < -0.3 is 5.32 Å². The molecule has 0 saturated heterocycles. The lowest BCUT2D eigenvalue weighted by atomic mass is 10.1. The largest absolute Gasteiger partial charge is 0.417 e. The summed E-state index contributed by atoms with van der Waals surface area (Å²) < 4.78 is 38.3. The highest BCUT2D eigenvalue weighted by Gasteiger charge is 2.34. The second kappa shape index (κ2) is 6.02. The molecule has 1 aromatic rings. The Morgan fingerprint density at radius 1 is 1.50 bits per heavy atom. The van der Waals surface area contributed by atoms with E-state index < -0.39 is 28.1 Å². The van der Waals surface area contributed by atoms with Crippen LogP contribution in [-0.4, -0.2) is 16.1 Å². The number of carbonyl (C=O) groups is 1. The van der Waals surface area contributed by atoms with E-state index in [4.69, 9.17) is 16.9 Å². The van der Waals surface area contributed by atoms with Crippen LogP contribution in [-0.2, 0) is 11.0 Å². The minimum Gasteiger partial charge on any atom is -0.325 e. The van der Waals surface area contributed by atoms with E-state index in [1.807, 2.05) is 0 Å². The predicted molar refractivity (Wildman–Crippen MR) is 72.8 cm³/mol. The van der Waals surface area contributed by atoms with E-state index >= 15 is 0 Å². The predicted octanol–water partition coefficient (Wildman–Crippen LogP) is 3.91. The van der Waals surface area contributed by atoms with Gasteiger partial charge in [-0.1, -0.05) is 15.9 Å². The van der Waals surface area contributed by atoms with Gasteiger partial charge in [0.05, 0.1) is 17.2 Å². The van der Waals surface area contributed by atoms with Gasteiger partial charge in [0.15, 0.2) is 0 Å². The number of hydrogen-bond donors (Lipinski definition) is 1. The first-order valence-electron chi connectivity index (χ1n) is 5.29. The third-order valence-electron chi connectivity index (χ3n) is 2.43. The van der Waals surface area contributed by atoms with E-state index in [9.17, 15) is 18.0 Å². The molecule has 0 unspecified atom stereocenters. The van der Waals surface area contributed by atoms with Gasteiger partial charge in [0.2, 0.25) is 5.91 Å². The highest BCUT2D eigenvalue weighted by molar-refractivity contribution is 9.09. The van der Waals surface area contributed by atoms with Crippen molar-refractivity contribution in [1.29, 1.82) is 5.26 Å². The van der Waals surface area contributed by atoms with Gasteiger partial charge in [0.25, 0.3) is 0 Å². The summed E-state index contributed by atoms with van der Waals surface area (Å²) in [4.78, 5) is 10.5. The molecule has 8 heteroatoms. The number of nitrogens with one attached hydrogen (secondary N) is 1. The van der Waals surface area contributed by atoms with Crippen LogP contribution in [0, 0.1) is 11.3 Å². The summed E-state index contributed by atoms with van der Waals surface area (Å²) in [5, 5.41) is 11.1. The summed E-state index contributed by atoms with van der Waals surface area (Å²) in [5.74, 6) is -0.645. The van der Waals surface area contributed by atoms with Crippen molar-refractivity contribution in [3.63, 3.8) is 0 Å². The standard InChI is InChI=1S/C12H9BrClF3N2O/c1-11(14,6-13)10(20)19-8-3-2-7(5-18)9(4-8)12(15,16)17/h2-4H,6H2,1H3,(H,19,20)/t11-/m0/s1. The van der Waals surface area contributed by atoms with E-state index in [2.05, 4.69) is 21.2 Å². The highest BCUT2D eigenvalue weighted by Crippen LogP contribution is 2.33. The zero-order valence-corrected chi connectivity index (χ0v) is 12.5. The van der Waals surface area contributed by atoms with E-state index in [1.165, 1.54) is 19.1 Å². The minimum absolute atomic E-state index is 0.0749. The summed E-state index contributed by atoms with van der Waals surface area (Å²) in [7, 11) is 0. The molecule has 0 aliphatic rings. The SMILES string of the molecule is C[C@](Cl)(CBr)C(=O)Nc1ccc(C#N)c(C(F)(F)F)c1. The van der Waals surface area contributed by atoms with Crippen LogP contribution in [0.4, 0.5) is 18.9 Å². The first-order valence-corrected chi connectivity index (χ1v) is 6.79. The molecule has 0 radical (unpaired) electrons. The average molecular weight is 370 g/mol. The molecule has 1 aromatic carbocycles. The Morgan fingerprint density at radius 3 is 2.55 bits per heavy atom. The Labute approximate surface area is 126 Å². The summed E-state index contributed by atoms with van der Waals surface area (Å²) >= 11 is 8.91. The maximum absolute atomic E-state index is 12.8. The molecular formula is C12H9BrClF3N2O. The molecule has 0 saturated carbocycles. The molecule has 1 amide bonds. The number of nitrogens with zero attached hydrogens (tertiary/aromatic N) is 1. The fourth-order valence-electron chi connectivity index (χ4n) is 1.28. The Kier molecular flexibility index (Phi) is 5.05. The van der Waals surface area contributed by atoms with Crippen LogP contribution in [0.3, 0.4) is 0 Å². The summed E-state index contributed by atoms with van der Waals surface area (Å²) in [6.07, 6.45) is -4.68. The number of anilines is 1. The molecule has 0 fully saturated rings. The summed E-state index contributed by atoms with van der Waals surface area (Å²) in [6.45, 7) is 1.42. The molecule has 1 N–H and O–H groups in total. The van der Waals surface area contributed by atoms with Crippen molar-refractivity contribution in [3.8, 4) is 6.07 Å². The Bertz CT molecular complexity index is 567. The van der Waals surface area contributed by atoms with Crippen molar-refractivity contribution in [1.82, 2.24) is 0 Å². The Balaban J connectivity index is 3.12. The second-order valence-corrected chi connectivity index (χ2v) is 5.55. The molecule has 0 heterocycles. The van der Waals surface area contributed by atoms with E-state index in [1.54, 1.807) is 0 Å². The lowest BCUT2D eigenvalue weighted by Crippen LogP contribution is -2.36. The third kappa shape index (κ3) is 3.87. The van der Waals surface area contributed by atoms with Gasteiger partial charge in [-0.3, -0.25) is 4.79 Å². The van der Waals surface area contributed by atoms with Gasteiger partial charge in [0, 0.05) is 11.0 Å². The first-order chi connectivity index (χ1) is 9.11. The summed E-state index contributed by atoms with van der Waals surface area (Å²) in [6, 6.07) is 4.38. The summed E-state index contributed by atoms with van der Waals surface area (Å²) in [5.41, 5.74) is -1.69. The molecule has 0 aromatic heterocycles. The van der Waals surface area contributed by atoms with Gasteiger partial charge in [-0.2, -0.15) is 18.4 Å². The fourth-order valence-corrected chi connectivity index (χ4v) is 1.58. The molecule has 20 heavy (non-hydrogen) atoms. The first kappa shape index (κ1) is 16.8. The third-order valence-corrected chi connectivity index (χ3v) is 4.18. The number of alkyl halides is 5. The van der Waals surface area contributed by atoms with Crippen molar-refractivity contribution < 1.29 is 18.0 Å². The zero-order chi connectivity index (χ0) is 15.6. The van der Waals surface area contributed by atoms with Crippen LogP contribution >= 0.6 is 27.5 Å². The number of amides is 1. The van der Waals surface area contributed by atoms with Crippen molar-refractivity contribution in [2.75, 3.05) is 10.6 Å². The van der Waals surface area contributed by atoms with Crippen molar-refractivity contribution in [2.45, 2.75) is 18.0 Å². The van der Waals surface area contributed by atoms with E-state index in [0.29, 0.717) is 6.07 Å². The van der Waals surface area contributed by atoms with Crippen LogP contribution in [0.25, 0.3) is 0 Å². The lowest BCUT2D eigenvalue weighted by Gasteiger charge is -2.19. The number of benzene rings is 1. The Morgan fingerprint density at radius 2 is 2.10 bits per heavy atom. The van der Waals surface area contributed by atoms with Gasteiger partial charge in [-0.25, -0.2) is 0 Å². The lowest BCUT2D eigenvalue weighted by molar-refractivity contribution is -0.137. The second-order valence-electron chi connectivity index (χ2n) is 4.16. The molecule has 108 valence electrons. The molecule has 1 rings (SSSR count). The highest BCUT2D eigenvalue weighted by atomic mass is 79.9. The fraction of sp³-hybridized carbons (Fsp3) is 0.333. The Hall–Kier alpha value is -1.26. The number of carbonyl (C=O) groups excluding carboxylic acids is 1. The van der Waals surface area contributed by atoms with Gasteiger partial charge >= 0.3 is 6.18 Å². The number of hydrogen-bond acceptors (Lipinski definition) is 2. The smallest absolute Gasteiger partial charge is 0.325 e.